The number of para-hydroxylation sites is 1. The third kappa shape index (κ3) is 4.58. The van der Waals surface area contributed by atoms with Gasteiger partial charge in [0.25, 0.3) is 11.5 Å². The first-order valence-corrected chi connectivity index (χ1v) is 11.3. The quantitative estimate of drug-likeness (QED) is 0.374. The smallest absolute Gasteiger partial charge is 0.263 e. The Bertz CT molecular complexity index is 1400. The first kappa shape index (κ1) is 22.5. The number of nitrogens with two attached hydrogens (primary N) is 1. The molecule has 0 unspecified atom stereocenters. The maximum atomic E-state index is 14.8. The highest BCUT2D eigenvalue weighted by atomic mass is 32.1. The number of aromatic amines is 1. The molecule has 170 valence electrons. The number of nitrogens with zero attached hydrogens (tertiary/aromatic N) is 1. The van der Waals surface area contributed by atoms with Crippen LogP contribution in [0.2, 0.25) is 0 Å². The van der Waals surface area contributed by atoms with Gasteiger partial charge in [0.05, 0.1) is 21.9 Å². The van der Waals surface area contributed by atoms with E-state index >= 15 is 0 Å². The molecule has 0 fully saturated rings. The maximum absolute atomic E-state index is 14.8. The third-order valence-corrected chi connectivity index (χ3v) is 5.96. The largest absolute Gasteiger partial charge is 0.487 e. The van der Waals surface area contributed by atoms with E-state index in [2.05, 4.69) is 15.3 Å². The van der Waals surface area contributed by atoms with Gasteiger partial charge in [0.15, 0.2) is 0 Å². The highest BCUT2D eigenvalue weighted by Gasteiger charge is 2.20. The van der Waals surface area contributed by atoms with Crippen LogP contribution in [0.1, 0.15) is 34.4 Å². The minimum absolute atomic E-state index is 0.0518. The predicted octanol–water partition coefficient (Wildman–Crippen LogP) is 4.40. The van der Waals surface area contributed by atoms with Crippen molar-refractivity contribution in [1.29, 1.82) is 0 Å². The summed E-state index contributed by atoms with van der Waals surface area (Å²) in [5.41, 5.74) is 7.30. The Morgan fingerprint density at radius 3 is 2.82 bits per heavy atom. The molecule has 9 heteroatoms. The van der Waals surface area contributed by atoms with Crippen LogP contribution in [0.5, 0.6) is 5.75 Å². The van der Waals surface area contributed by atoms with Crippen LogP contribution in [0.25, 0.3) is 22.0 Å². The number of hydrogen-bond donors (Lipinski definition) is 3. The standard InChI is InChI=1S/C24H23FN4O3S/c1-3-9-27-23(30)20-21(26)17-6-4-5-16(22(17)29-24(20)31)18-10-15(7-8-19(18)25)32-11-14-12-33-13(2)28-14/h4-8,10,12H,3,9,11H2,1-2H3,(H,27,30)(H3,26,29,31). The monoisotopic (exact) mass is 466 g/mol. The molecule has 4 aromatic rings. The second kappa shape index (κ2) is 9.41. The zero-order valence-corrected chi connectivity index (χ0v) is 19.0. The zero-order chi connectivity index (χ0) is 23.5. The number of halogens is 1. The summed E-state index contributed by atoms with van der Waals surface area (Å²) in [5.74, 6) is -0.565. The van der Waals surface area contributed by atoms with Gasteiger partial charge in [-0.3, -0.25) is 9.59 Å². The van der Waals surface area contributed by atoms with E-state index in [9.17, 15) is 14.0 Å². The van der Waals surface area contributed by atoms with Gasteiger partial charge in [-0.1, -0.05) is 25.1 Å². The number of fused-ring (bicyclic) bond motifs is 1. The Morgan fingerprint density at radius 2 is 2.09 bits per heavy atom. The van der Waals surface area contributed by atoms with Gasteiger partial charge in [0, 0.05) is 28.4 Å². The van der Waals surface area contributed by atoms with Gasteiger partial charge in [-0.15, -0.1) is 11.3 Å². The highest BCUT2D eigenvalue weighted by molar-refractivity contribution is 7.09. The van der Waals surface area contributed by atoms with E-state index in [1.54, 1.807) is 24.3 Å². The molecule has 4 rings (SSSR count). The molecule has 0 bridgehead atoms. The zero-order valence-electron chi connectivity index (χ0n) is 18.2. The molecule has 0 radical (unpaired) electrons. The molecule has 7 nitrogen and oxygen atoms in total. The molecule has 0 aliphatic carbocycles. The summed E-state index contributed by atoms with van der Waals surface area (Å²) in [7, 11) is 0. The number of hydrogen-bond acceptors (Lipinski definition) is 6. The van der Waals surface area contributed by atoms with Crippen LogP contribution >= 0.6 is 11.3 Å². The number of ether oxygens (including phenoxy) is 1. The van der Waals surface area contributed by atoms with Gasteiger partial charge in [-0.25, -0.2) is 9.37 Å². The number of amides is 1. The molecule has 0 aliphatic heterocycles. The lowest BCUT2D eigenvalue weighted by Gasteiger charge is -2.13. The number of benzene rings is 2. The second-order valence-corrected chi connectivity index (χ2v) is 8.58. The van der Waals surface area contributed by atoms with E-state index in [0.29, 0.717) is 28.8 Å². The van der Waals surface area contributed by atoms with Crippen molar-refractivity contribution >= 4 is 33.8 Å². The van der Waals surface area contributed by atoms with Crippen LogP contribution in [0.3, 0.4) is 0 Å². The van der Waals surface area contributed by atoms with Gasteiger partial charge in [-0.05, 0) is 31.5 Å². The van der Waals surface area contributed by atoms with E-state index in [0.717, 1.165) is 17.1 Å². The molecule has 0 spiro atoms. The van der Waals surface area contributed by atoms with E-state index in [1.165, 1.54) is 23.5 Å². The fourth-order valence-corrected chi connectivity index (χ4v) is 4.15. The number of nitrogen functional groups attached to an aromatic ring is 1. The fraction of sp³-hybridized carbons (Fsp3) is 0.208. The van der Waals surface area contributed by atoms with Crippen LogP contribution in [0.15, 0.2) is 46.6 Å². The van der Waals surface area contributed by atoms with Crippen LogP contribution in [0, 0.1) is 12.7 Å². The number of carbonyl (C=O) groups excluding carboxylic acids is 1. The minimum atomic E-state index is -0.632. The Balaban J connectivity index is 1.75. The summed E-state index contributed by atoms with van der Waals surface area (Å²) in [4.78, 5) is 32.3. The van der Waals surface area contributed by atoms with Crippen molar-refractivity contribution in [2.75, 3.05) is 12.3 Å². The van der Waals surface area contributed by atoms with Gasteiger partial charge >= 0.3 is 0 Å². The van der Waals surface area contributed by atoms with Crippen molar-refractivity contribution in [3.63, 3.8) is 0 Å². The number of H-pyrrole nitrogens is 1. The first-order chi connectivity index (χ1) is 15.9. The number of anilines is 1. The summed E-state index contributed by atoms with van der Waals surface area (Å²) in [6.45, 7) is 4.50. The summed E-state index contributed by atoms with van der Waals surface area (Å²) >= 11 is 1.53. The molecule has 0 saturated carbocycles. The van der Waals surface area contributed by atoms with Gasteiger partial charge in [0.2, 0.25) is 0 Å². The average Bonchev–Trinajstić information content (AvgIpc) is 3.22. The molecule has 0 saturated heterocycles. The molecule has 1 amide bonds. The molecule has 2 heterocycles. The Hall–Kier alpha value is -3.72. The molecule has 2 aromatic heterocycles. The van der Waals surface area contributed by atoms with Crippen molar-refractivity contribution < 1.29 is 13.9 Å². The summed E-state index contributed by atoms with van der Waals surface area (Å²) in [6, 6.07) is 9.48. The predicted molar refractivity (Wildman–Crippen MR) is 128 cm³/mol. The number of nitrogens with one attached hydrogen (secondary N) is 2. The molecule has 0 atom stereocenters. The van der Waals surface area contributed by atoms with E-state index < -0.39 is 17.3 Å². The molecular weight excluding hydrogens is 443 g/mol. The number of aryl methyl sites for hydroxylation is 1. The van der Waals surface area contributed by atoms with Gasteiger partial charge in [0.1, 0.15) is 23.7 Å². The fourth-order valence-electron chi connectivity index (χ4n) is 3.55. The molecule has 0 aliphatic rings. The Labute approximate surface area is 193 Å². The van der Waals surface area contributed by atoms with Crippen molar-refractivity contribution in [3.8, 4) is 16.9 Å². The van der Waals surface area contributed by atoms with E-state index in [4.69, 9.17) is 10.5 Å². The van der Waals surface area contributed by atoms with Crippen LogP contribution in [-0.2, 0) is 6.61 Å². The van der Waals surface area contributed by atoms with E-state index in [-0.39, 0.29) is 23.4 Å². The lowest BCUT2D eigenvalue weighted by Crippen LogP contribution is -2.31. The molecular formula is C24H23FN4O3S. The number of rotatable bonds is 7. The number of aromatic nitrogens is 2. The number of carbonyl (C=O) groups is 1. The summed E-state index contributed by atoms with van der Waals surface area (Å²) in [5, 5.41) is 5.97. The van der Waals surface area contributed by atoms with Crippen LogP contribution in [-0.4, -0.2) is 22.4 Å². The normalized spacial score (nSPS) is 11.0. The lowest BCUT2D eigenvalue weighted by molar-refractivity contribution is 0.0953. The number of pyridine rings is 1. The second-order valence-electron chi connectivity index (χ2n) is 7.52. The van der Waals surface area contributed by atoms with Crippen LogP contribution in [0.4, 0.5) is 10.1 Å². The Morgan fingerprint density at radius 1 is 1.27 bits per heavy atom. The first-order valence-electron chi connectivity index (χ1n) is 10.5. The van der Waals surface area contributed by atoms with Crippen molar-refractivity contribution in [2.45, 2.75) is 26.9 Å². The molecule has 4 N–H and O–H groups in total. The summed E-state index contributed by atoms with van der Waals surface area (Å²) < 4.78 is 20.6. The van der Waals surface area contributed by atoms with Gasteiger partial charge in [-0.2, -0.15) is 0 Å². The minimum Gasteiger partial charge on any atom is -0.487 e. The van der Waals surface area contributed by atoms with Crippen molar-refractivity contribution in [3.05, 3.63) is 74.2 Å². The van der Waals surface area contributed by atoms with Crippen LogP contribution < -0.4 is 21.3 Å². The van der Waals surface area contributed by atoms with Crippen molar-refractivity contribution in [1.82, 2.24) is 15.3 Å². The lowest BCUT2D eigenvalue weighted by atomic mass is 9.99. The highest BCUT2D eigenvalue weighted by Crippen LogP contribution is 2.34. The topological polar surface area (TPSA) is 110 Å². The van der Waals surface area contributed by atoms with Gasteiger partial charge < -0.3 is 20.8 Å². The molecule has 2 aromatic carbocycles. The maximum Gasteiger partial charge on any atom is 0.263 e. The number of thiazole rings is 1. The van der Waals surface area contributed by atoms with Crippen molar-refractivity contribution in [2.24, 2.45) is 0 Å². The third-order valence-electron chi connectivity index (χ3n) is 5.13. The average molecular weight is 467 g/mol. The molecule has 33 heavy (non-hydrogen) atoms. The SMILES string of the molecule is CCCNC(=O)c1c(N)c2cccc(-c3cc(OCc4csc(C)n4)ccc3F)c2[nH]c1=O. The Kier molecular flexibility index (Phi) is 6.41. The van der Waals surface area contributed by atoms with E-state index in [1.807, 2.05) is 19.2 Å². The summed E-state index contributed by atoms with van der Waals surface area (Å²) in [6.07, 6.45) is 0.723.